The smallest absolute Gasteiger partial charge is 0.305 e. The van der Waals surface area contributed by atoms with Gasteiger partial charge in [-0.2, -0.15) is 0 Å². The van der Waals surface area contributed by atoms with Gasteiger partial charge in [-0.25, -0.2) is 0 Å². The molecule has 6 rings (SSSR count). The van der Waals surface area contributed by atoms with Crippen molar-refractivity contribution in [3.8, 4) is 0 Å². The highest BCUT2D eigenvalue weighted by Gasteiger charge is 2.58. The van der Waals surface area contributed by atoms with E-state index in [2.05, 4.69) is 0 Å². The van der Waals surface area contributed by atoms with Crippen molar-refractivity contribution in [1.82, 2.24) is 4.90 Å². The fraction of sp³-hybridized carbons (Fsp3) is 0.520. The van der Waals surface area contributed by atoms with Crippen molar-refractivity contribution in [2.24, 2.45) is 0 Å². The third-order valence-corrected chi connectivity index (χ3v) is 11.4. The second kappa shape index (κ2) is 25.7. The first-order chi connectivity index (χ1) is 33.7. The highest BCUT2D eigenvalue weighted by Crippen LogP contribution is 2.37. The number of benzene rings is 3. The van der Waals surface area contributed by atoms with Crippen molar-refractivity contribution in [2.45, 2.75) is 140 Å². The van der Waals surface area contributed by atoms with Crippen LogP contribution in [0.4, 0.5) is 0 Å². The van der Waals surface area contributed by atoms with Gasteiger partial charge in [-0.1, -0.05) is 98.5 Å². The van der Waals surface area contributed by atoms with Crippen molar-refractivity contribution in [3.05, 3.63) is 107 Å². The minimum absolute atomic E-state index is 0.0290. The summed E-state index contributed by atoms with van der Waals surface area (Å²) in [5, 5.41) is 12.3. The van der Waals surface area contributed by atoms with Crippen LogP contribution in [0.25, 0.3) is 0 Å². The Morgan fingerprint density at radius 2 is 1.12 bits per heavy atom. The summed E-state index contributed by atoms with van der Waals surface area (Å²) < 4.78 is 77.6. The van der Waals surface area contributed by atoms with Gasteiger partial charge in [-0.3, -0.25) is 33.7 Å². The van der Waals surface area contributed by atoms with Crippen molar-refractivity contribution in [2.75, 3.05) is 26.9 Å². The number of imide groups is 1. The van der Waals surface area contributed by atoms with E-state index in [-0.39, 0.29) is 23.7 Å². The third-order valence-electron chi connectivity index (χ3n) is 11.4. The summed E-state index contributed by atoms with van der Waals surface area (Å²) in [5.74, 6) is -4.34. The number of hydrogen-bond donors (Lipinski definition) is 1. The number of esters is 4. The van der Waals surface area contributed by atoms with E-state index in [0.29, 0.717) is 30.4 Å². The maximum Gasteiger partial charge on any atom is 0.305 e. The molecule has 12 atom stereocenters. The Bertz CT molecular complexity index is 2190. The normalized spacial score (nSPS) is 27.0. The number of nitrogens with zero attached hydrogens (tertiary/aromatic N) is 1. The van der Waals surface area contributed by atoms with Gasteiger partial charge < -0.3 is 52.5 Å². The molecule has 1 N–H and O–H groups in total. The SMILES string of the molecule is [2H]C(O[C@H]1[C@H](O)[C@H](OC([2H])c2ccccc2)C(OCCCCCCCCC(=O)OC)O[C@@H]1CO[C@@H]1O[C@H](COC(C)=O)[C@@H](OC(C)=O)[C@H](OC(C)=O)[C@H]1N1C(=O)c2ccccc2C1=O)c1ccccc1. The van der Waals surface area contributed by atoms with Gasteiger partial charge in [0, 0.05) is 33.8 Å². The van der Waals surface area contributed by atoms with Gasteiger partial charge in [0.1, 0.15) is 43.2 Å². The van der Waals surface area contributed by atoms with E-state index in [1.807, 2.05) is 0 Å². The van der Waals surface area contributed by atoms with Crippen molar-refractivity contribution in [3.63, 3.8) is 0 Å². The molecule has 3 unspecified atom stereocenters. The highest BCUT2D eigenvalue weighted by atomic mass is 16.7. The summed E-state index contributed by atoms with van der Waals surface area (Å²) in [6.45, 7) is -0.444. The van der Waals surface area contributed by atoms with Crippen LogP contribution in [0.15, 0.2) is 84.9 Å². The van der Waals surface area contributed by atoms with Gasteiger partial charge in [0.2, 0.25) is 0 Å². The number of carbonyl (C=O) groups is 6. The zero-order valence-corrected chi connectivity index (χ0v) is 38.5. The first-order valence-corrected chi connectivity index (χ1v) is 22.7. The van der Waals surface area contributed by atoms with E-state index in [1.165, 1.54) is 19.2 Å². The quantitative estimate of drug-likeness (QED) is 0.0541. The van der Waals surface area contributed by atoms with E-state index < -0.39 is 117 Å². The first kappa shape index (κ1) is 48.8. The average Bonchev–Trinajstić information content (AvgIpc) is 3.60. The van der Waals surface area contributed by atoms with Crippen LogP contribution >= 0.6 is 0 Å². The lowest BCUT2D eigenvalue weighted by Gasteiger charge is -2.48. The van der Waals surface area contributed by atoms with E-state index in [1.54, 1.807) is 72.8 Å². The molecule has 18 heteroatoms. The summed E-state index contributed by atoms with van der Waals surface area (Å²) in [5.41, 5.74) is 0.952. The fourth-order valence-corrected chi connectivity index (χ4v) is 8.20. The molecule has 3 heterocycles. The second-order valence-electron chi connectivity index (χ2n) is 16.5. The zero-order valence-electron chi connectivity index (χ0n) is 40.5. The molecule has 0 radical (unpaired) electrons. The topological polar surface area (TPSA) is 218 Å². The Hall–Kier alpha value is -5.60. The van der Waals surface area contributed by atoms with E-state index in [4.69, 9.17) is 50.1 Å². The number of rotatable bonds is 24. The average molecular weight is 950 g/mol. The minimum Gasteiger partial charge on any atom is -0.469 e. The molecule has 68 heavy (non-hydrogen) atoms. The van der Waals surface area contributed by atoms with Crippen molar-refractivity contribution in [1.29, 1.82) is 0 Å². The van der Waals surface area contributed by atoms with Crippen LogP contribution < -0.4 is 0 Å². The van der Waals surface area contributed by atoms with Crippen molar-refractivity contribution >= 4 is 35.7 Å². The number of ether oxygens (including phenoxy) is 10. The Morgan fingerprint density at radius 1 is 0.603 bits per heavy atom. The molecule has 0 bridgehead atoms. The third kappa shape index (κ3) is 14.0. The molecule has 3 aromatic carbocycles. The fourth-order valence-electron chi connectivity index (χ4n) is 8.20. The number of aliphatic hydroxyl groups is 1. The van der Waals surface area contributed by atoms with Crippen LogP contribution in [0.2, 0.25) is 0 Å². The number of methoxy groups -OCH3 is 1. The number of amides is 2. The molecule has 0 aliphatic carbocycles. The first-order valence-electron chi connectivity index (χ1n) is 23.8. The lowest BCUT2D eigenvalue weighted by Crippen LogP contribution is -2.68. The Labute approximate surface area is 398 Å². The maximum absolute atomic E-state index is 14.2. The van der Waals surface area contributed by atoms with Crippen LogP contribution in [0, 0.1) is 0 Å². The molecule has 2 saturated heterocycles. The minimum atomic E-state index is -1.74. The summed E-state index contributed by atoms with van der Waals surface area (Å²) in [6.07, 6.45) is -8.58. The van der Waals surface area contributed by atoms with E-state index in [9.17, 15) is 33.9 Å². The molecule has 0 saturated carbocycles. The van der Waals surface area contributed by atoms with Gasteiger partial charge in [-0.15, -0.1) is 0 Å². The number of aliphatic hydroxyl groups excluding tert-OH is 1. The molecular weight excluding hydrogens is 887 g/mol. The molecule has 3 aliphatic heterocycles. The van der Waals surface area contributed by atoms with Gasteiger partial charge in [0.15, 0.2) is 24.8 Å². The highest BCUT2D eigenvalue weighted by molar-refractivity contribution is 6.21. The zero-order chi connectivity index (χ0) is 50.3. The monoisotopic (exact) mass is 949 g/mol. The van der Waals surface area contributed by atoms with Gasteiger partial charge >= 0.3 is 23.9 Å². The van der Waals surface area contributed by atoms with Crippen LogP contribution in [0.3, 0.4) is 0 Å². The maximum atomic E-state index is 14.2. The lowest BCUT2D eigenvalue weighted by atomic mass is 9.94. The summed E-state index contributed by atoms with van der Waals surface area (Å²) in [6, 6.07) is 21.5. The van der Waals surface area contributed by atoms with Crippen molar-refractivity contribution < 1.29 is 84.0 Å². The second-order valence-corrected chi connectivity index (χ2v) is 16.5. The molecule has 0 aromatic heterocycles. The largest absolute Gasteiger partial charge is 0.469 e. The van der Waals surface area contributed by atoms with Gasteiger partial charge in [-0.05, 0) is 36.1 Å². The summed E-state index contributed by atoms with van der Waals surface area (Å²) in [4.78, 5) is 78.3. The number of carbonyl (C=O) groups excluding carboxylic acids is 6. The molecule has 18 nitrogen and oxygen atoms in total. The lowest BCUT2D eigenvalue weighted by molar-refractivity contribution is -0.335. The van der Waals surface area contributed by atoms with Crippen LogP contribution in [-0.4, -0.2) is 134 Å². The molecule has 0 spiro atoms. The van der Waals surface area contributed by atoms with Crippen LogP contribution in [0.5, 0.6) is 0 Å². The van der Waals surface area contributed by atoms with E-state index in [0.717, 1.165) is 51.4 Å². The van der Waals surface area contributed by atoms with Crippen LogP contribution in [-0.2, 0) is 79.7 Å². The molecule has 3 aromatic rings. The summed E-state index contributed by atoms with van der Waals surface area (Å²) in [7, 11) is 1.36. The molecule has 368 valence electrons. The number of fused-ring (bicyclic) bond motifs is 1. The summed E-state index contributed by atoms with van der Waals surface area (Å²) >= 11 is 0. The number of unbranched alkanes of at least 4 members (excludes halogenated alkanes) is 5. The van der Waals surface area contributed by atoms with E-state index >= 15 is 0 Å². The predicted molar refractivity (Wildman–Crippen MR) is 238 cm³/mol. The molecule has 2 amide bonds. The van der Waals surface area contributed by atoms with Crippen LogP contribution in [0.1, 0.15) is 100 Å². The number of hydrogen-bond acceptors (Lipinski definition) is 17. The Balaban J connectivity index is 1.33. The van der Waals surface area contributed by atoms with Gasteiger partial charge in [0.05, 0.1) is 40.8 Å². The molecular formula is C50H61NO17. The standard InChI is InChI=1S/C50H61NO17/c1-31(52)61-29-39-44(65-32(2)53)45(66-33(3)54)41(51-47(57)36-23-16-17-24-37(36)48(51)58)49(67-39)64-30-38-43(62-27-34-19-11-9-12-20-34)42(56)46(63-28-35-21-13-10-14-22-35)50(68-38)60-26-18-8-6-5-7-15-25-40(55)59-4/h9-14,16-17,19-24,38-39,41-46,49-50,56H,5-8,15,18,25-30H2,1-4H3/t38-,39-,41-,42+,43-,44-,45-,46+,49-,50?/m1/s1/i27D,28D/t27?,28?,38-,39-,41-,42+,43-,44-,45-,46+,49-,50?. The van der Waals surface area contributed by atoms with Gasteiger partial charge in [0.25, 0.3) is 11.8 Å². The molecule has 3 aliphatic rings. The Morgan fingerprint density at radius 3 is 1.69 bits per heavy atom. The molecule has 2 fully saturated rings. The Kier molecular flexibility index (Phi) is 18.4. The predicted octanol–water partition coefficient (Wildman–Crippen LogP) is 5.00.